The van der Waals surface area contributed by atoms with Gasteiger partial charge in [0.05, 0.1) is 6.42 Å². The van der Waals surface area contributed by atoms with Gasteiger partial charge in [-0.25, -0.2) is 0 Å². The fourth-order valence-corrected chi connectivity index (χ4v) is 1.08. The molecule has 0 fully saturated rings. The summed E-state index contributed by atoms with van der Waals surface area (Å²) in [6.45, 7) is 0. The predicted molar refractivity (Wildman–Crippen MR) is 54.7 cm³/mol. The van der Waals surface area contributed by atoms with Crippen LogP contribution in [0.5, 0.6) is 0 Å². The molecule has 86 valence electrons. The van der Waals surface area contributed by atoms with E-state index in [1.807, 2.05) is 0 Å². The highest BCUT2D eigenvalue weighted by atomic mass is 35.6. The number of hydrogen-bond acceptors (Lipinski definition) is 4. The molecular formula is C7H13Cl3O4. The van der Waals surface area contributed by atoms with E-state index in [1.165, 1.54) is 21.3 Å². The van der Waals surface area contributed by atoms with Crippen LogP contribution >= 0.6 is 34.8 Å². The Hall–Kier alpha value is 0.710. The smallest absolute Gasteiger partial charge is 0.284 e. The Balaban J connectivity index is 4.45. The minimum absolute atomic E-state index is 0.118. The van der Waals surface area contributed by atoms with Crippen LogP contribution in [0.2, 0.25) is 0 Å². The summed E-state index contributed by atoms with van der Waals surface area (Å²) in [6, 6.07) is 0. The Morgan fingerprint density at radius 3 is 1.64 bits per heavy atom. The first-order valence-corrected chi connectivity index (χ1v) is 4.85. The van der Waals surface area contributed by atoms with Crippen LogP contribution < -0.4 is 0 Å². The number of halogens is 3. The van der Waals surface area contributed by atoms with Gasteiger partial charge in [0.1, 0.15) is 6.10 Å². The van der Waals surface area contributed by atoms with Crippen molar-refractivity contribution in [1.82, 2.24) is 0 Å². The van der Waals surface area contributed by atoms with E-state index in [-0.39, 0.29) is 6.42 Å². The monoisotopic (exact) mass is 266 g/mol. The van der Waals surface area contributed by atoms with Gasteiger partial charge < -0.3 is 19.3 Å². The molecule has 1 atom stereocenters. The van der Waals surface area contributed by atoms with Gasteiger partial charge in [-0.15, -0.1) is 0 Å². The second kappa shape index (κ2) is 5.70. The van der Waals surface area contributed by atoms with Gasteiger partial charge in [-0.3, -0.25) is 0 Å². The zero-order valence-electron chi connectivity index (χ0n) is 8.09. The minimum Gasteiger partial charge on any atom is -0.388 e. The lowest BCUT2D eigenvalue weighted by atomic mass is 10.2. The molecule has 4 nitrogen and oxygen atoms in total. The van der Waals surface area contributed by atoms with E-state index in [4.69, 9.17) is 49.0 Å². The van der Waals surface area contributed by atoms with Gasteiger partial charge in [0.25, 0.3) is 5.97 Å². The molecule has 1 N–H and O–H groups in total. The van der Waals surface area contributed by atoms with E-state index < -0.39 is 15.9 Å². The van der Waals surface area contributed by atoms with E-state index in [0.717, 1.165) is 0 Å². The maximum atomic E-state index is 9.48. The van der Waals surface area contributed by atoms with Crippen LogP contribution in [0.4, 0.5) is 0 Å². The summed E-state index contributed by atoms with van der Waals surface area (Å²) in [5, 5.41) is 9.48. The third-order valence-electron chi connectivity index (χ3n) is 1.75. The molecule has 0 heterocycles. The van der Waals surface area contributed by atoms with Gasteiger partial charge in [-0.05, 0) is 0 Å². The van der Waals surface area contributed by atoms with Crippen LogP contribution in [0, 0.1) is 0 Å². The molecule has 1 unspecified atom stereocenters. The molecule has 0 aliphatic rings. The molecule has 0 aromatic carbocycles. The van der Waals surface area contributed by atoms with Crippen LogP contribution in [0.25, 0.3) is 0 Å². The summed E-state index contributed by atoms with van der Waals surface area (Å²) < 4.78 is 13.0. The molecule has 0 spiro atoms. The van der Waals surface area contributed by atoms with Crippen molar-refractivity contribution >= 4 is 34.8 Å². The molecular weight excluding hydrogens is 254 g/mol. The van der Waals surface area contributed by atoms with Gasteiger partial charge in [-0.1, -0.05) is 34.8 Å². The maximum absolute atomic E-state index is 9.48. The lowest BCUT2D eigenvalue weighted by Crippen LogP contribution is -2.43. The number of ether oxygens (including phenoxy) is 3. The second-order valence-electron chi connectivity index (χ2n) is 2.56. The molecule has 0 saturated heterocycles. The summed E-state index contributed by atoms with van der Waals surface area (Å²) in [7, 11) is 4.08. The molecule has 0 bridgehead atoms. The Morgan fingerprint density at radius 1 is 1.07 bits per heavy atom. The third kappa shape index (κ3) is 4.06. The number of alkyl halides is 3. The summed E-state index contributed by atoms with van der Waals surface area (Å²) >= 11 is 16.4. The summed E-state index contributed by atoms with van der Waals surface area (Å²) in [4.78, 5) is 0. The van der Waals surface area contributed by atoms with Crippen molar-refractivity contribution < 1.29 is 19.3 Å². The van der Waals surface area contributed by atoms with Crippen molar-refractivity contribution in [2.45, 2.75) is 22.3 Å². The lowest BCUT2D eigenvalue weighted by Gasteiger charge is -2.32. The van der Waals surface area contributed by atoms with Crippen LogP contribution in [0.3, 0.4) is 0 Å². The number of methoxy groups -OCH3 is 3. The predicted octanol–water partition coefficient (Wildman–Crippen LogP) is 1.70. The van der Waals surface area contributed by atoms with Gasteiger partial charge in [0, 0.05) is 21.3 Å². The molecule has 0 aliphatic heterocycles. The molecule has 0 saturated carbocycles. The Labute approximate surface area is 98.0 Å². The number of rotatable bonds is 5. The zero-order valence-corrected chi connectivity index (χ0v) is 10.4. The molecule has 0 rings (SSSR count). The highest BCUT2D eigenvalue weighted by Crippen LogP contribution is 2.35. The summed E-state index contributed by atoms with van der Waals surface area (Å²) in [5.74, 6) is -1.40. The fourth-order valence-electron chi connectivity index (χ4n) is 0.853. The first kappa shape index (κ1) is 14.7. The van der Waals surface area contributed by atoms with Crippen molar-refractivity contribution in [3.8, 4) is 0 Å². The third-order valence-corrected chi connectivity index (χ3v) is 2.51. The van der Waals surface area contributed by atoms with E-state index in [1.54, 1.807) is 0 Å². The maximum Gasteiger partial charge on any atom is 0.284 e. The van der Waals surface area contributed by atoms with Crippen molar-refractivity contribution in [2.24, 2.45) is 0 Å². The number of hydrogen-bond donors (Lipinski definition) is 1. The molecule has 0 radical (unpaired) electrons. The first-order valence-electron chi connectivity index (χ1n) is 3.71. The Bertz CT molecular complexity index is 159. The highest BCUT2D eigenvalue weighted by Gasteiger charge is 2.41. The lowest BCUT2D eigenvalue weighted by molar-refractivity contribution is -0.361. The van der Waals surface area contributed by atoms with Crippen LogP contribution in [0.15, 0.2) is 0 Å². The molecule has 0 aliphatic carbocycles. The van der Waals surface area contributed by atoms with E-state index in [9.17, 15) is 5.11 Å². The highest BCUT2D eigenvalue weighted by molar-refractivity contribution is 6.68. The van der Waals surface area contributed by atoms with E-state index in [0.29, 0.717) is 0 Å². The average Bonchev–Trinajstić information content (AvgIpc) is 2.12. The van der Waals surface area contributed by atoms with E-state index >= 15 is 0 Å². The zero-order chi connectivity index (χ0) is 11.4. The quantitative estimate of drug-likeness (QED) is 0.608. The summed E-state index contributed by atoms with van der Waals surface area (Å²) in [5.41, 5.74) is 0. The topological polar surface area (TPSA) is 47.9 Å². The molecule has 0 aromatic heterocycles. The molecule has 0 amide bonds. The largest absolute Gasteiger partial charge is 0.388 e. The summed E-state index contributed by atoms with van der Waals surface area (Å²) in [6.07, 6.45) is -1.38. The number of aliphatic hydroxyl groups excluding tert-OH is 1. The van der Waals surface area contributed by atoms with Gasteiger partial charge >= 0.3 is 0 Å². The Morgan fingerprint density at radius 2 is 1.43 bits per heavy atom. The van der Waals surface area contributed by atoms with E-state index in [2.05, 4.69) is 0 Å². The first-order chi connectivity index (χ1) is 6.31. The second-order valence-corrected chi connectivity index (χ2v) is 4.93. The van der Waals surface area contributed by atoms with Crippen LogP contribution in [-0.4, -0.2) is 42.3 Å². The van der Waals surface area contributed by atoms with Crippen LogP contribution in [0.1, 0.15) is 6.42 Å². The molecule has 0 aromatic rings. The molecule has 14 heavy (non-hydrogen) atoms. The van der Waals surface area contributed by atoms with Crippen molar-refractivity contribution in [1.29, 1.82) is 0 Å². The normalized spacial score (nSPS) is 15.6. The Kier molecular flexibility index (Phi) is 5.99. The van der Waals surface area contributed by atoms with Gasteiger partial charge in [0.2, 0.25) is 3.79 Å². The molecule has 7 heteroatoms. The van der Waals surface area contributed by atoms with Crippen LogP contribution in [-0.2, 0) is 14.2 Å². The van der Waals surface area contributed by atoms with Crippen molar-refractivity contribution in [3.05, 3.63) is 0 Å². The average molecular weight is 268 g/mol. The number of aliphatic hydroxyl groups is 1. The van der Waals surface area contributed by atoms with Gasteiger partial charge in [0.15, 0.2) is 0 Å². The fraction of sp³-hybridized carbons (Fsp3) is 1.00. The standard InChI is InChI=1S/C7H13Cl3O4/c1-12-6(13-2,14-3)4-5(11)7(8,9)10/h5,11H,4H2,1-3H3. The van der Waals surface area contributed by atoms with Crippen molar-refractivity contribution in [2.75, 3.05) is 21.3 Å². The van der Waals surface area contributed by atoms with Crippen molar-refractivity contribution in [3.63, 3.8) is 0 Å². The minimum atomic E-state index is -1.80. The van der Waals surface area contributed by atoms with Gasteiger partial charge in [-0.2, -0.15) is 0 Å². The SMILES string of the molecule is COC(CC(O)C(Cl)(Cl)Cl)(OC)OC.